The number of amidine groups is 1. The number of aromatic nitrogens is 5. The van der Waals surface area contributed by atoms with E-state index in [-0.39, 0.29) is 12.1 Å². The van der Waals surface area contributed by atoms with E-state index in [2.05, 4.69) is 34.0 Å². The predicted molar refractivity (Wildman–Crippen MR) is 128 cm³/mol. The van der Waals surface area contributed by atoms with Crippen molar-refractivity contribution in [2.45, 2.75) is 52.4 Å². The van der Waals surface area contributed by atoms with Crippen LogP contribution in [0.3, 0.4) is 0 Å². The predicted octanol–water partition coefficient (Wildman–Crippen LogP) is 5.14. The van der Waals surface area contributed by atoms with Crippen LogP contribution in [0.1, 0.15) is 50.4 Å². The summed E-state index contributed by atoms with van der Waals surface area (Å²) < 4.78 is 42.3. The van der Waals surface area contributed by atoms with Crippen LogP contribution in [0.25, 0.3) is 22.9 Å². The van der Waals surface area contributed by atoms with E-state index >= 15 is 0 Å². The number of imidazole rings is 1. The number of nitrogens with zero attached hydrogens (tertiary/aromatic N) is 6. The van der Waals surface area contributed by atoms with Crippen LogP contribution < -0.4 is 5.32 Å². The summed E-state index contributed by atoms with van der Waals surface area (Å²) in [5.74, 6) is 2.61. The summed E-state index contributed by atoms with van der Waals surface area (Å²) in [6.45, 7) is 12.0. The molecule has 0 fully saturated rings. The van der Waals surface area contributed by atoms with Gasteiger partial charge >= 0.3 is 6.18 Å². The Morgan fingerprint density at radius 3 is 2.51 bits per heavy atom. The lowest BCUT2D eigenvalue weighted by atomic mass is 10.1. The van der Waals surface area contributed by atoms with E-state index in [0.717, 1.165) is 24.4 Å². The van der Waals surface area contributed by atoms with E-state index in [4.69, 9.17) is 5.41 Å². The molecule has 1 atom stereocenters. The Morgan fingerprint density at radius 1 is 1.23 bits per heavy atom. The van der Waals surface area contributed by atoms with Crippen LogP contribution >= 0.6 is 0 Å². The highest BCUT2D eigenvalue weighted by molar-refractivity contribution is 6.16. The number of alkyl halides is 3. The summed E-state index contributed by atoms with van der Waals surface area (Å²) in [6.07, 6.45) is 1.25. The Morgan fingerprint density at radius 2 is 1.91 bits per heavy atom. The van der Waals surface area contributed by atoms with E-state index in [0.29, 0.717) is 34.6 Å². The van der Waals surface area contributed by atoms with Crippen LogP contribution in [0.5, 0.6) is 0 Å². The summed E-state index contributed by atoms with van der Waals surface area (Å²) in [5, 5.41) is 20.6. The van der Waals surface area contributed by atoms with Crippen LogP contribution in [0.2, 0.25) is 0 Å². The molecule has 2 aromatic heterocycles. The van der Waals surface area contributed by atoms with Crippen LogP contribution in [0.15, 0.2) is 49.4 Å². The lowest BCUT2D eigenvalue weighted by Gasteiger charge is -2.41. The molecule has 11 heteroatoms. The van der Waals surface area contributed by atoms with Crippen LogP contribution in [-0.4, -0.2) is 41.1 Å². The van der Waals surface area contributed by atoms with E-state index < -0.39 is 11.7 Å². The van der Waals surface area contributed by atoms with Gasteiger partial charge in [0, 0.05) is 30.2 Å². The molecular weight excluding hydrogens is 457 g/mol. The van der Waals surface area contributed by atoms with Crippen LogP contribution in [0, 0.1) is 12.3 Å². The maximum atomic E-state index is 12.9. The highest BCUT2D eigenvalue weighted by Crippen LogP contribution is 2.35. The maximum Gasteiger partial charge on any atom is 0.416 e. The summed E-state index contributed by atoms with van der Waals surface area (Å²) in [6, 6.07) is 4.81. The monoisotopic (exact) mass is 484 g/mol. The number of halogens is 3. The van der Waals surface area contributed by atoms with Gasteiger partial charge in [-0.25, -0.2) is 4.98 Å². The number of fused-ring (bicyclic) bond motifs is 1. The molecule has 184 valence electrons. The largest absolute Gasteiger partial charge is 0.416 e. The molecule has 8 nitrogen and oxygen atoms in total. The average molecular weight is 485 g/mol. The molecule has 1 aliphatic rings. The minimum Gasteiger partial charge on any atom is -0.346 e. The first-order chi connectivity index (χ1) is 16.5. The van der Waals surface area contributed by atoms with Gasteiger partial charge in [0.15, 0.2) is 5.82 Å². The zero-order valence-corrected chi connectivity index (χ0v) is 19.9. The highest BCUT2D eigenvalue weighted by atomic mass is 19.4. The molecule has 4 rings (SSSR count). The third-order valence-electron chi connectivity index (χ3n) is 5.95. The average Bonchev–Trinajstić information content (AvgIpc) is 3.44. The smallest absolute Gasteiger partial charge is 0.346 e. The molecule has 0 saturated heterocycles. The van der Waals surface area contributed by atoms with Gasteiger partial charge in [-0.2, -0.15) is 13.2 Å². The third-order valence-corrected chi connectivity index (χ3v) is 5.95. The van der Waals surface area contributed by atoms with Gasteiger partial charge in [0.2, 0.25) is 0 Å². The summed E-state index contributed by atoms with van der Waals surface area (Å²) in [5.41, 5.74) is 0.355. The molecule has 2 N–H and O–H groups in total. The highest BCUT2D eigenvalue weighted by Gasteiger charge is 2.37. The van der Waals surface area contributed by atoms with Crippen molar-refractivity contribution in [3.05, 3.63) is 66.7 Å². The van der Waals surface area contributed by atoms with E-state index in [9.17, 15) is 13.2 Å². The molecule has 0 unspecified atom stereocenters. The van der Waals surface area contributed by atoms with Crippen molar-refractivity contribution in [1.82, 2.24) is 34.5 Å². The van der Waals surface area contributed by atoms with Crippen molar-refractivity contribution < 1.29 is 13.2 Å². The van der Waals surface area contributed by atoms with Crippen LogP contribution in [-0.2, 0) is 6.18 Å². The summed E-state index contributed by atoms with van der Waals surface area (Å²) in [7, 11) is 0. The fraction of sp³-hybridized carbons (Fsp3) is 0.333. The normalized spacial score (nSPS) is 17.3. The molecule has 0 saturated carbocycles. The zero-order chi connectivity index (χ0) is 25.5. The van der Waals surface area contributed by atoms with E-state index in [1.54, 1.807) is 23.2 Å². The molecule has 0 bridgehead atoms. The summed E-state index contributed by atoms with van der Waals surface area (Å²) in [4.78, 5) is 6.30. The maximum absolute atomic E-state index is 12.9. The minimum absolute atomic E-state index is 0.0658. The van der Waals surface area contributed by atoms with Crippen molar-refractivity contribution in [3.8, 4) is 11.4 Å². The standard InChI is InChI=1S/C24H27F3N8/c1-6-19-23-32-31-16(5)35(23)20(21(28)34(19)14(2)3)13-30-15(4)33-12-11-29-22(33)17-7-9-18(10-8-17)24(25,26)27/h7-14,19,28,30H,4,6H2,1-3,5H3/t19-/m1/s1. The zero-order valence-electron chi connectivity index (χ0n) is 19.9. The Kier molecular flexibility index (Phi) is 6.27. The van der Waals surface area contributed by atoms with Crippen molar-refractivity contribution in [2.75, 3.05) is 0 Å². The fourth-order valence-corrected chi connectivity index (χ4v) is 4.31. The van der Waals surface area contributed by atoms with Gasteiger partial charge < -0.3 is 10.2 Å². The van der Waals surface area contributed by atoms with Gasteiger partial charge in [-0.3, -0.25) is 14.5 Å². The Labute approximate surface area is 201 Å². The second-order valence-corrected chi connectivity index (χ2v) is 8.53. The molecule has 3 aromatic rings. The SMILES string of the molecule is C=C(NC=C1C(=N)N(C(C)C)[C@H](CC)c2nnc(C)n21)n1ccnc1-c1ccc(C(F)(F)F)cc1. The molecule has 0 amide bonds. The van der Waals surface area contributed by atoms with E-state index in [1.165, 1.54) is 12.1 Å². The van der Waals surface area contributed by atoms with Gasteiger partial charge in [0.1, 0.15) is 29.0 Å². The number of aryl methyl sites for hydroxylation is 1. The molecule has 0 aliphatic carbocycles. The third kappa shape index (κ3) is 4.33. The summed E-state index contributed by atoms with van der Waals surface area (Å²) >= 11 is 0. The molecule has 0 radical (unpaired) electrons. The second-order valence-electron chi connectivity index (χ2n) is 8.53. The minimum atomic E-state index is -4.41. The first-order valence-electron chi connectivity index (χ1n) is 11.2. The number of nitrogens with one attached hydrogen (secondary N) is 2. The van der Waals surface area contributed by atoms with Crippen molar-refractivity contribution in [2.24, 2.45) is 0 Å². The number of rotatable bonds is 6. The quantitative estimate of drug-likeness (QED) is 0.506. The van der Waals surface area contributed by atoms with Crippen molar-refractivity contribution >= 4 is 17.4 Å². The number of hydrogen-bond donors (Lipinski definition) is 2. The molecule has 1 aliphatic heterocycles. The van der Waals surface area contributed by atoms with Gasteiger partial charge in [0.05, 0.1) is 11.6 Å². The Hall–Kier alpha value is -3.89. The molecule has 3 heterocycles. The Bertz CT molecular complexity index is 1280. The topological polar surface area (TPSA) is 87.7 Å². The lowest BCUT2D eigenvalue weighted by Crippen LogP contribution is -2.46. The molecule has 1 aromatic carbocycles. The van der Waals surface area contributed by atoms with E-state index in [1.807, 2.05) is 30.2 Å². The fourth-order valence-electron chi connectivity index (χ4n) is 4.31. The van der Waals surface area contributed by atoms with Gasteiger partial charge in [-0.1, -0.05) is 25.6 Å². The first kappa shape index (κ1) is 24.2. The van der Waals surface area contributed by atoms with Gasteiger partial charge in [-0.15, -0.1) is 10.2 Å². The van der Waals surface area contributed by atoms with Crippen molar-refractivity contribution in [1.29, 1.82) is 5.41 Å². The van der Waals surface area contributed by atoms with Crippen molar-refractivity contribution in [3.63, 3.8) is 0 Å². The molecule has 35 heavy (non-hydrogen) atoms. The van der Waals surface area contributed by atoms with Crippen LogP contribution in [0.4, 0.5) is 13.2 Å². The van der Waals surface area contributed by atoms with Gasteiger partial charge in [0.25, 0.3) is 0 Å². The second kappa shape index (κ2) is 9.05. The van der Waals surface area contributed by atoms with Gasteiger partial charge in [-0.05, 0) is 39.3 Å². The Balaban J connectivity index is 1.65. The number of benzene rings is 1. The molecular formula is C24H27F3N8. The lowest BCUT2D eigenvalue weighted by molar-refractivity contribution is -0.137. The molecule has 0 spiro atoms. The number of hydrogen-bond acceptors (Lipinski definition) is 5. The first-order valence-corrected chi connectivity index (χ1v) is 11.2.